The number of halogens is 3. The highest BCUT2D eigenvalue weighted by Gasteiger charge is 2.10. The molecule has 0 unspecified atom stereocenters. The lowest BCUT2D eigenvalue weighted by Crippen LogP contribution is -2.29. The molecule has 0 atom stereocenters. The van der Waals surface area contributed by atoms with Gasteiger partial charge in [-0.15, -0.1) is 0 Å². The monoisotopic (exact) mass is 385 g/mol. The van der Waals surface area contributed by atoms with Crippen LogP contribution in [0.2, 0.25) is 10.0 Å². The summed E-state index contributed by atoms with van der Waals surface area (Å²) in [6.07, 6.45) is 0. The van der Waals surface area contributed by atoms with E-state index in [4.69, 9.17) is 32.7 Å². The van der Waals surface area contributed by atoms with Crippen molar-refractivity contribution < 1.29 is 23.5 Å². The molecule has 0 fully saturated rings. The predicted molar refractivity (Wildman–Crippen MR) is 91.2 cm³/mol. The molecule has 0 spiro atoms. The minimum absolute atomic E-state index is 0.0683. The predicted octanol–water partition coefficient (Wildman–Crippen LogP) is 3.37. The number of para-hydroxylation sites is 1. The highest BCUT2D eigenvalue weighted by atomic mass is 35.5. The number of amides is 1. The van der Waals surface area contributed by atoms with Gasteiger partial charge >= 0.3 is 5.97 Å². The Morgan fingerprint density at radius 3 is 2.56 bits per heavy atom. The molecule has 0 aromatic heterocycles. The zero-order chi connectivity index (χ0) is 18.2. The van der Waals surface area contributed by atoms with Crippen molar-refractivity contribution in [3.8, 4) is 5.75 Å². The first kappa shape index (κ1) is 19.0. The molecule has 1 amide bonds. The molecule has 2 aromatic carbocycles. The second-order valence-electron chi connectivity index (χ2n) is 4.89. The van der Waals surface area contributed by atoms with E-state index in [2.05, 4.69) is 5.32 Å². The van der Waals surface area contributed by atoms with Crippen molar-refractivity contribution in [2.24, 2.45) is 0 Å². The number of carbonyl (C=O) groups excluding carboxylic acids is 2. The fourth-order valence-electron chi connectivity index (χ4n) is 1.80. The molecule has 25 heavy (non-hydrogen) atoms. The summed E-state index contributed by atoms with van der Waals surface area (Å²) in [6, 6.07) is 10.5. The standard InChI is InChI=1S/C17H14Cl2FNO4/c18-12-6-5-11(13(19)7-12)8-21-16(22)9-25-17(23)10-24-15-4-2-1-3-14(15)20/h1-7H,8-10H2,(H,21,22). The fraction of sp³-hybridized carbons (Fsp3) is 0.176. The molecule has 2 rings (SSSR count). The van der Waals surface area contributed by atoms with Crippen LogP contribution in [0.4, 0.5) is 4.39 Å². The van der Waals surface area contributed by atoms with E-state index in [1.807, 2.05) is 0 Å². The number of ether oxygens (including phenoxy) is 2. The van der Waals surface area contributed by atoms with Gasteiger partial charge in [-0.3, -0.25) is 4.79 Å². The molecular formula is C17H14Cl2FNO4. The van der Waals surface area contributed by atoms with Gasteiger partial charge in [0, 0.05) is 16.6 Å². The van der Waals surface area contributed by atoms with Crippen molar-refractivity contribution in [2.75, 3.05) is 13.2 Å². The molecule has 0 saturated heterocycles. The molecule has 0 bridgehead atoms. The molecule has 8 heteroatoms. The van der Waals surface area contributed by atoms with Gasteiger partial charge in [-0.1, -0.05) is 41.4 Å². The number of rotatable bonds is 7. The topological polar surface area (TPSA) is 64.6 Å². The summed E-state index contributed by atoms with van der Waals surface area (Å²) in [6.45, 7) is -0.819. The van der Waals surface area contributed by atoms with Gasteiger partial charge in [0.15, 0.2) is 24.8 Å². The Labute approximate surface area is 153 Å². The van der Waals surface area contributed by atoms with Crippen LogP contribution in [0.5, 0.6) is 5.75 Å². The van der Waals surface area contributed by atoms with Gasteiger partial charge in [-0.2, -0.15) is 0 Å². The maximum absolute atomic E-state index is 13.3. The maximum atomic E-state index is 13.3. The van der Waals surface area contributed by atoms with Crippen molar-refractivity contribution in [1.29, 1.82) is 0 Å². The third kappa shape index (κ3) is 6.25. The molecule has 5 nitrogen and oxygen atoms in total. The van der Waals surface area contributed by atoms with Crippen LogP contribution in [0.15, 0.2) is 42.5 Å². The second-order valence-corrected chi connectivity index (χ2v) is 5.74. The zero-order valence-electron chi connectivity index (χ0n) is 12.9. The molecule has 2 aromatic rings. The first-order valence-electron chi connectivity index (χ1n) is 7.19. The van der Waals surface area contributed by atoms with Crippen LogP contribution in [0, 0.1) is 5.82 Å². The molecule has 0 aliphatic rings. The number of benzene rings is 2. The van der Waals surface area contributed by atoms with Crippen LogP contribution in [-0.4, -0.2) is 25.1 Å². The Balaban J connectivity index is 1.70. The van der Waals surface area contributed by atoms with Crippen molar-refractivity contribution in [1.82, 2.24) is 5.32 Å². The van der Waals surface area contributed by atoms with Gasteiger partial charge in [-0.25, -0.2) is 9.18 Å². The highest BCUT2D eigenvalue weighted by Crippen LogP contribution is 2.20. The van der Waals surface area contributed by atoms with Crippen LogP contribution < -0.4 is 10.1 Å². The van der Waals surface area contributed by atoms with Gasteiger partial charge in [0.2, 0.25) is 0 Å². The Hall–Kier alpha value is -2.31. The molecule has 0 aliphatic heterocycles. The van der Waals surface area contributed by atoms with E-state index in [9.17, 15) is 14.0 Å². The van der Waals surface area contributed by atoms with Gasteiger partial charge in [0.1, 0.15) is 0 Å². The Kier molecular flexibility index (Phi) is 7.03. The normalized spacial score (nSPS) is 10.2. The van der Waals surface area contributed by atoms with E-state index in [1.165, 1.54) is 18.2 Å². The summed E-state index contributed by atoms with van der Waals surface area (Å²) in [4.78, 5) is 23.2. The van der Waals surface area contributed by atoms with Crippen molar-refractivity contribution >= 4 is 35.1 Å². The van der Waals surface area contributed by atoms with Gasteiger partial charge in [0.05, 0.1) is 0 Å². The summed E-state index contributed by atoms with van der Waals surface area (Å²) < 4.78 is 23.0. The van der Waals surface area contributed by atoms with E-state index in [1.54, 1.807) is 24.3 Å². The van der Waals surface area contributed by atoms with Crippen LogP contribution in [0.3, 0.4) is 0 Å². The average Bonchev–Trinajstić information content (AvgIpc) is 2.58. The van der Waals surface area contributed by atoms with Gasteiger partial charge in [0.25, 0.3) is 5.91 Å². The third-order valence-corrected chi connectivity index (χ3v) is 3.62. The maximum Gasteiger partial charge on any atom is 0.344 e. The largest absolute Gasteiger partial charge is 0.479 e. The van der Waals surface area contributed by atoms with Crippen LogP contribution in [0.1, 0.15) is 5.56 Å². The van der Waals surface area contributed by atoms with E-state index in [-0.39, 0.29) is 12.3 Å². The molecule has 132 valence electrons. The molecular weight excluding hydrogens is 372 g/mol. The molecule has 0 heterocycles. The third-order valence-electron chi connectivity index (χ3n) is 3.04. The lowest BCUT2D eigenvalue weighted by Gasteiger charge is -2.09. The summed E-state index contributed by atoms with van der Waals surface area (Å²) in [5, 5.41) is 3.46. The Morgan fingerprint density at radius 2 is 1.84 bits per heavy atom. The van der Waals surface area contributed by atoms with Crippen molar-refractivity contribution in [3.63, 3.8) is 0 Å². The van der Waals surface area contributed by atoms with Crippen molar-refractivity contribution in [2.45, 2.75) is 6.54 Å². The summed E-state index contributed by atoms with van der Waals surface area (Å²) >= 11 is 11.8. The lowest BCUT2D eigenvalue weighted by atomic mass is 10.2. The number of nitrogens with one attached hydrogen (secondary N) is 1. The Morgan fingerprint density at radius 1 is 1.08 bits per heavy atom. The minimum atomic E-state index is -0.789. The van der Waals surface area contributed by atoms with Crippen LogP contribution in [0.25, 0.3) is 0 Å². The molecule has 1 N–H and O–H groups in total. The zero-order valence-corrected chi connectivity index (χ0v) is 14.4. The first-order valence-corrected chi connectivity index (χ1v) is 7.95. The average molecular weight is 386 g/mol. The summed E-state index contributed by atoms with van der Waals surface area (Å²) in [5.74, 6) is -1.96. The van der Waals surface area contributed by atoms with E-state index >= 15 is 0 Å². The minimum Gasteiger partial charge on any atom is -0.479 e. The first-order chi connectivity index (χ1) is 12.0. The van der Waals surface area contributed by atoms with Crippen LogP contribution >= 0.6 is 23.2 Å². The van der Waals surface area contributed by atoms with Crippen molar-refractivity contribution in [3.05, 3.63) is 63.9 Å². The van der Waals surface area contributed by atoms with E-state index < -0.39 is 30.9 Å². The molecule has 0 radical (unpaired) electrons. The quantitative estimate of drug-likeness (QED) is 0.742. The number of hydrogen-bond donors (Lipinski definition) is 1. The smallest absolute Gasteiger partial charge is 0.344 e. The molecule has 0 aliphatic carbocycles. The highest BCUT2D eigenvalue weighted by molar-refractivity contribution is 6.35. The summed E-state index contributed by atoms with van der Waals surface area (Å²) in [7, 11) is 0. The SMILES string of the molecule is O=C(COC(=O)COc1ccccc1F)NCc1ccc(Cl)cc1Cl. The van der Waals surface area contributed by atoms with E-state index in [0.717, 1.165) is 0 Å². The van der Waals surface area contributed by atoms with Gasteiger partial charge in [-0.05, 0) is 29.8 Å². The van der Waals surface area contributed by atoms with Crippen LogP contribution in [-0.2, 0) is 20.9 Å². The van der Waals surface area contributed by atoms with E-state index in [0.29, 0.717) is 15.6 Å². The fourth-order valence-corrected chi connectivity index (χ4v) is 2.27. The Bertz CT molecular complexity index is 770. The number of esters is 1. The number of carbonyl (C=O) groups is 2. The second kappa shape index (κ2) is 9.25. The lowest BCUT2D eigenvalue weighted by molar-refractivity contribution is -0.150. The van der Waals surface area contributed by atoms with Gasteiger partial charge < -0.3 is 14.8 Å². The summed E-state index contributed by atoms with van der Waals surface area (Å²) in [5.41, 5.74) is 0.675. The molecule has 0 saturated carbocycles. The number of hydrogen-bond acceptors (Lipinski definition) is 4.